The monoisotopic (exact) mass is 350 g/mol. The minimum absolute atomic E-state index is 0.0289. The average Bonchev–Trinajstić information content (AvgIpc) is 2.62. The molecule has 26 heavy (non-hydrogen) atoms. The SMILES string of the molecule is Cc1cc2c(c(=O)n1C)[C@@H](c1cc3ccccc3n(C)c1=O)CC(=O)O2. The Morgan fingerprint density at radius 3 is 2.50 bits per heavy atom. The van der Waals surface area contributed by atoms with Gasteiger partial charge in [-0.2, -0.15) is 0 Å². The van der Waals surface area contributed by atoms with Crippen molar-refractivity contribution < 1.29 is 9.53 Å². The smallest absolute Gasteiger partial charge is 0.312 e. The van der Waals surface area contributed by atoms with Crippen molar-refractivity contribution in [2.24, 2.45) is 14.1 Å². The summed E-state index contributed by atoms with van der Waals surface area (Å²) in [6, 6.07) is 11.0. The Labute approximate surface area is 149 Å². The molecule has 0 fully saturated rings. The highest BCUT2D eigenvalue weighted by Gasteiger charge is 2.34. The fourth-order valence-corrected chi connectivity index (χ4v) is 3.61. The highest BCUT2D eigenvalue weighted by molar-refractivity contribution is 5.81. The topological polar surface area (TPSA) is 70.3 Å². The molecule has 0 bridgehead atoms. The van der Waals surface area contributed by atoms with Gasteiger partial charge in [0.15, 0.2) is 0 Å². The summed E-state index contributed by atoms with van der Waals surface area (Å²) >= 11 is 0. The van der Waals surface area contributed by atoms with E-state index in [1.165, 1.54) is 4.57 Å². The predicted octanol–water partition coefficient (Wildman–Crippen LogP) is 1.99. The molecular weight excluding hydrogens is 332 g/mol. The molecule has 0 saturated carbocycles. The molecule has 0 spiro atoms. The Hall–Kier alpha value is -3.15. The van der Waals surface area contributed by atoms with Crippen LogP contribution in [0.2, 0.25) is 0 Å². The minimum atomic E-state index is -0.617. The van der Waals surface area contributed by atoms with Crippen LogP contribution in [-0.2, 0) is 18.9 Å². The van der Waals surface area contributed by atoms with Crippen LogP contribution in [0.4, 0.5) is 0 Å². The minimum Gasteiger partial charge on any atom is -0.426 e. The van der Waals surface area contributed by atoms with Gasteiger partial charge in [0.25, 0.3) is 11.1 Å². The van der Waals surface area contributed by atoms with Gasteiger partial charge in [0.1, 0.15) is 5.75 Å². The van der Waals surface area contributed by atoms with E-state index in [9.17, 15) is 14.4 Å². The largest absolute Gasteiger partial charge is 0.426 e. The second-order valence-corrected chi connectivity index (χ2v) is 6.68. The lowest BCUT2D eigenvalue weighted by atomic mass is 9.87. The highest BCUT2D eigenvalue weighted by atomic mass is 16.5. The molecule has 0 aliphatic carbocycles. The van der Waals surface area contributed by atoms with Crippen LogP contribution < -0.4 is 15.9 Å². The highest BCUT2D eigenvalue weighted by Crippen LogP contribution is 2.36. The molecule has 1 atom stereocenters. The zero-order valence-corrected chi connectivity index (χ0v) is 14.8. The summed E-state index contributed by atoms with van der Waals surface area (Å²) in [4.78, 5) is 37.9. The number of hydrogen-bond donors (Lipinski definition) is 0. The van der Waals surface area contributed by atoms with Crippen LogP contribution in [-0.4, -0.2) is 15.1 Å². The normalized spacial score (nSPS) is 16.4. The van der Waals surface area contributed by atoms with Crippen molar-refractivity contribution in [1.82, 2.24) is 9.13 Å². The van der Waals surface area contributed by atoms with Crippen LogP contribution in [0.15, 0.2) is 46.0 Å². The number of esters is 1. The fourth-order valence-electron chi connectivity index (χ4n) is 3.61. The Balaban J connectivity index is 2.04. The van der Waals surface area contributed by atoms with Crippen LogP contribution in [0.1, 0.15) is 29.2 Å². The first kappa shape index (κ1) is 16.3. The van der Waals surface area contributed by atoms with Crippen molar-refractivity contribution in [1.29, 1.82) is 0 Å². The van der Waals surface area contributed by atoms with E-state index in [4.69, 9.17) is 4.74 Å². The lowest BCUT2D eigenvalue weighted by molar-refractivity contribution is -0.135. The molecular formula is C20H18N2O4. The third-order valence-corrected chi connectivity index (χ3v) is 5.15. The first-order valence-electron chi connectivity index (χ1n) is 8.38. The fraction of sp³-hybridized carbons (Fsp3) is 0.250. The van der Waals surface area contributed by atoms with Crippen molar-refractivity contribution in [3.05, 3.63) is 73.9 Å². The van der Waals surface area contributed by atoms with Gasteiger partial charge >= 0.3 is 5.97 Å². The van der Waals surface area contributed by atoms with E-state index in [0.29, 0.717) is 16.8 Å². The van der Waals surface area contributed by atoms with Crippen molar-refractivity contribution >= 4 is 16.9 Å². The van der Waals surface area contributed by atoms with Gasteiger partial charge in [-0.05, 0) is 24.4 Å². The molecule has 0 amide bonds. The number of para-hydroxylation sites is 1. The summed E-state index contributed by atoms with van der Waals surface area (Å²) in [6.45, 7) is 1.77. The Morgan fingerprint density at radius 1 is 1.00 bits per heavy atom. The van der Waals surface area contributed by atoms with Gasteiger partial charge in [-0.1, -0.05) is 18.2 Å². The number of nitrogens with zero attached hydrogens (tertiary/aromatic N) is 2. The Bertz CT molecular complexity index is 1190. The van der Waals surface area contributed by atoms with E-state index >= 15 is 0 Å². The second-order valence-electron chi connectivity index (χ2n) is 6.68. The number of aryl methyl sites for hydroxylation is 2. The lowest BCUT2D eigenvalue weighted by Crippen LogP contribution is -2.35. The number of carbonyl (C=O) groups excluding carboxylic acids is 1. The van der Waals surface area contributed by atoms with Gasteiger partial charge < -0.3 is 13.9 Å². The first-order chi connectivity index (χ1) is 12.4. The number of hydrogen-bond acceptors (Lipinski definition) is 4. The number of aromatic nitrogens is 2. The van der Waals surface area contributed by atoms with E-state index in [0.717, 1.165) is 10.9 Å². The summed E-state index contributed by atoms with van der Waals surface area (Å²) in [5, 5.41) is 0.883. The molecule has 1 aromatic carbocycles. The molecule has 0 unspecified atom stereocenters. The van der Waals surface area contributed by atoms with E-state index in [1.807, 2.05) is 24.3 Å². The molecule has 6 heteroatoms. The lowest BCUT2D eigenvalue weighted by Gasteiger charge is -2.25. The van der Waals surface area contributed by atoms with Crippen LogP contribution in [0.25, 0.3) is 10.9 Å². The van der Waals surface area contributed by atoms with Gasteiger partial charge in [-0.15, -0.1) is 0 Å². The van der Waals surface area contributed by atoms with Crippen LogP contribution in [0, 0.1) is 6.92 Å². The Morgan fingerprint density at radius 2 is 1.73 bits per heavy atom. The number of benzene rings is 1. The Kier molecular flexibility index (Phi) is 3.57. The van der Waals surface area contributed by atoms with E-state index in [-0.39, 0.29) is 23.3 Å². The maximum absolute atomic E-state index is 13.0. The molecule has 6 nitrogen and oxygen atoms in total. The number of fused-ring (bicyclic) bond motifs is 2. The molecule has 0 radical (unpaired) electrons. The molecule has 2 aromatic heterocycles. The molecule has 132 valence electrons. The average molecular weight is 350 g/mol. The zero-order valence-electron chi connectivity index (χ0n) is 14.8. The molecule has 3 heterocycles. The number of pyridine rings is 2. The van der Waals surface area contributed by atoms with Gasteiger partial charge in [-0.3, -0.25) is 14.4 Å². The number of rotatable bonds is 1. The van der Waals surface area contributed by atoms with Crippen LogP contribution in [0.3, 0.4) is 0 Å². The molecule has 3 aromatic rings. The zero-order chi connectivity index (χ0) is 18.6. The molecule has 0 N–H and O–H groups in total. The van der Waals surface area contributed by atoms with E-state index in [2.05, 4.69) is 0 Å². The number of ether oxygens (including phenoxy) is 1. The van der Waals surface area contributed by atoms with Crippen molar-refractivity contribution in [2.75, 3.05) is 0 Å². The van der Waals surface area contributed by atoms with Crippen LogP contribution >= 0.6 is 0 Å². The third-order valence-electron chi connectivity index (χ3n) is 5.15. The third kappa shape index (κ3) is 2.29. The molecule has 1 aliphatic heterocycles. The van der Waals surface area contributed by atoms with Crippen LogP contribution in [0.5, 0.6) is 5.75 Å². The van der Waals surface area contributed by atoms with Crippen molar-refractivity contribution in [2.45, 2.75) is 19.3 Å². The molecule has 4 rings (SSSR count). The van der Waals surface area contributed by atoms with Gasteiger partial charge in [0, 0.05) is 37.3 Å². The van der Waals surface area contributed by atoms with Gasteiger partial charge in [-0.25, -0.2) is 0 Å². The maximum atomic E-state index is 13.0. The summed E-state index contributed by atoms with van der Waals surface area (Å²) in [5.41, 5.74) is 1.84. The molecule has 1 aliphatic rings. The van der Waals surface area contributed by atoms with E-state index < -0.39 is 11.9 Å². The maximum Gasteiger partial charge on any atom is 0.312 e. The summed E-state index contributed by atoms with van der Waals surface area (Å²) in [7, 11) is 3.37. The summed E-state index contributed by atoms with van der Waals surface area (Å²) < 4.78 is 8.37. The predicted molar refractivity (Wildman–Crippen MR) is 97.7 cm³/mol. The standard InChI is InChI=1S/C20H18N2O4/c1-11-8-16-18(20(25)21(11)2)13(10-17(23)26-16)14-9-12-6-4-5-7-15(12)22(3)19(14)24/h4-9,13H,10H2,1-3H3/t13-/m1/s1. The first-order valence-corrected chi connectivity index (χ1v) is 8.38. The number of carbonyl (C=O) groups is 1. The summed E-state index contributed by atoms with van der Waals surface area (Å²) in [5.74, 6) is -0.804. The van der Waals surface area contributed by atoms with E-state index in [1.54, 1.807) is 37.7 Å². The molecule has 0 saturated heterocycles. The van der Waals surface area contributed by atoms with Gasteiger partial charge in [0.05, 0.1) is 17.5 Å². The van der Waals surface area contributed by atoms with Crippen molar-refractivity contribution in [3.8, 4) is 5.75 Å². The summed E-state index contributed by atoms with van der Waals surface area (Å²) in [6.07, 6.45) is -0.0289. The van der Waals surface area contributed by atoms with Crippen molar-refractivity contribution in [3.63, 3.8) is 0 Å². The van der Waals surface area contributed by atoms with Gasteiger partial charge in [0.2, 0.25) is 0 Å². The second kappa shape index (κ2) is 5.69. The quantitative estimate of drug-likeness (QED) is 0.629.